The lowest BCUT2D eigenvalue weighted by molar-refractivity contribution is 0.411. The van der Waals surface area contributed by atoms with Gasteiger partial charge >= 0.3 is 0 Å². The second-order valence-corrected chi connectivity index (χ2v) is 4.58. The van der Waals surface area contributed by atoms with Gasteiger partial charge in [-0.3, -0.25) is 0 Å². The molecule has 0 bridgehead atoms. The first-order valence-electron chi connectivity index (χ1n) is 6.13. The molecule has 0 aromatic heterocycles. The Bertz CT molecular complexity index is 367. The zero-order valence-corrected chi connectivity index (χ0v) is 10.5. The Kier molecular flexibility index (Phi) is 3.37. The molecule has 1 saturated heterocycles. The van der Waals surface area contributed by atoms with Gasteiger partial charge < -0.3 is 9.64 Å². The number of piperidine rings is 1. The van der Waals surface area contributed by atoms with Gasteiger partial charge in [-0.1, -0.05) is 0 Å². The van der Waals surface area contributed by atoms with Crippen molar-refractivity contribution in [2.75, 3.05) is 25.1 Å². The summed E-state index contributed by atoms with van der Waals surface area (Å²) in [5, 5.41) is 0. The summed E-state index contributed by atoms with van der Waals surface area (Å²) in [6, 6.07) is 4.29. The molecule has 2 rings (SSSR count). The van der Waals surface area contributed by atoms with Gasteiger partial charge in [0.2, 0.25) is 0 Å². The first-order valence-corrected chi connectivity index (χ1v) is 6.13. The zero-order chi connectivity index (χ0) is 11.5. The highest BCUT2D eigenvalue weighted by Crippen LogP contribution is 2.31. The van der Waals surface area contributed by atoms with Gasteiger partial charge in [0.05, 0.1) is 7.11 Å². The molecule has 0 atom stereocenters. The van der Waals surface area contributed by atoms with E-state index in [1.54, 1.807) is 7.11 Å². The second-order valence-electron chi connectivity index (χ2n) is 4.58. The molecule has 0 N–H and O–H groups in total. The quantitative estimate of drug-likeness (QED) is 0.756. The molecule has 0 radical (unpaired) electrons. The van der Waals surface area contributed by atoms with Gasteiger partial charge in [0.1, 0.15) is 5.75 Å². The summed E-state index contributed by atoms with van der Waals surface area (Å²) in [6.07, 6.45) is 4.03. The number of hydrogen-bond donors (Lipinski definition) is 0. The molecule has 0 saturated carbocycles. The maximum Gasteiger partial charge on any atom is 0.122 e. The molecule has 88 valence electrons. The highest BCUT2D eigenvalue weighted by atomic mass is 16.5. The van der Waals surface area contributed by atoms with E-state index in [9.17, 15) is 0 Å². The van der Waals surface area contributed by atoms with Crippen LogP contribution in [-0.4, -0.2) is 20.2 Å². The Morgan fingerprint density at radius 1 is 1.00 bits per heavy atom. The standard InChI is InChI=1S/C14H21NO/c1-11-12(2)14(16-3)8-7-13(11)15-9-5-4-6-10-15/h7-8H,4-6,9-10H2,1-3H3. The Morgan fingerprint density at radius 3 is 2.31 bits per heavy atom. The lowest BCUT2D eigenvalue weighted by Crippen LogP contribution is -2.30. The third-order valence-electron chi connectivity index (χ3n) is 3.63. The third-order valence-corrected chi connectivity index (χ3v) is 3.63. The SMILES string of the molecule is COc1ccc(N2CCCCC2)c(C)c1C. The number of ether oxygens (including phenoxy) is 1. The van der Waals surface area contributed by atoms with Crippen molar-refractivity contribution >= 4 is 5.69 Å². The van der Waals surface area contributed by atoms with Crippen LogP contribution in [0.4, 0.5) is 5.69 Å². The predicted octanol–water partition coefficient (Wildman–Crippen LogP) is 3.30. The molecule has 0 unspecified atom stereocenters. The Balaban J connectivity index is 2.30. The molecule has 1 aliphatic heterocycles. The molecule has 1 heterocycles. The van der Waals surface area contributed by atoms with E-state index in [0.29, 0.717) is 0 Å². The minimum absolute atomic E-state index is 0.998. The van der Waals surface area contributed by atoms with E-state index >= 15 is 0 Å². The smallest absolute Gasteiger partial charge is 0.122 e. The minimum atomic E-state index is 0.998. The molecular formula is C14H21NO. The topological polar surface area (TPSA) is 12.5 Å². The third kappa shape index (κ3) is 2.01. The van der Waals surface area contributed by atoms with Gasteiger partial charge in [-0.15, -0.1) is 0 Å². The minimum Gasteiger partial charge on any atom is -0.496 e. The molecule has 1 fully saturated rings. The van der Waals surface area contributed by atoms with Gasteiger partial charge in [0.25, 0.3) is 0 Å². The van der Waals surface area contributed by atoms with Crippen LogP contribution >= 0.6 is 0 Å². The van der Waals surface area contributed by atoms with Crippen LogP contribution in [0.15, 0.2) is 12.1 Å². The van der Waals surface area contributed by atoms with Crippen molar-refractivity contribution in [3.05, 3.63) is 23.3 Å². The lowest BCUT2D eigenvalue weighted by atomic mass is 10.0. The highest BCUT2D eigenvalue weighted by Gasteiger charge is 2.15. The number of methoxy groups -OCH3 is 1. The van der Waals surface area contributed by atoms with Gasteiger partial charge in [-0.05, 0) is 56.4 Å². The number of nitrogens with zero attached hydrogens (tertiary/aromatic N) is 1. The molecule has 0 spiro atoms. The van der Waals surface area contributed by atoms with Crippen LogP contribution in [0.3, 0.4) is 0 Å². The van der Waals surface area contributed by atoms with Gasteiger partial charge in [-0.25, -0.2) is 0 Å². The molecule has 1 aliphatic rings. The predicted molar refractivity (Wildman–Crippen MR) is 68.5 cm³/mol. The van der Waals surface area contributed by atoms with Crippen LogP contribution < -0.4 is 9.64 Å². The zero-order valence-electron chi connectivity index (χ0n) is 10.5. The molecule has 1 aromatic rings. The largest absolute Gasteiger partial charge is 0.496 e. The summed E-state index contributed by atoms with van der Waals surface area (Å²) in [4.78, 5) is 2.51. The van der Waals surface area contributed by atoms with E-state index in [0.717, 1.165) is 5.75 Å². The van der Waals surface area contributed by atoms with Gasteiger partial charge in [0, 0.05) is 18.8 Å². The number of benzene rings is 1. The monoisotopic (exact) mass is 219 g/mol. The number of rotatable bonds is 2. The molecule has 2 heteroatoms. The fourth-order valence-corrected chi connectivity index (χ4v) is 2.48. The average molecular weight is 219 g/mol. The first-order chi connectivity index (χ1) is 7.74. The van der Waals surface area contributed by atoms with Crippen molar-refractivity contribution in [1.29, 1.82) is 0 Å². The maximum absolute atomic E-state index is 5.35. The molecule has 0 amide bonds. The normalized spacial score (nSPS) is 16.3. The van der Waals surface area contributed by atoms with E-state index in [1.807, 2.05) is 0 Å². The van der Waals surface area contributed by atoms with Crippen molar-refractivity contribution in [1.82, 2.24) is 0 Å². The van der Waals surface area contributed by atoms with E-state index in [4.69, 9.17) is 4.74 Å². The summed E-state index contributed by atoms with van der Waals surface area (Å²) >= 11 is 0. The van der Waals surface area contributed by atoms with E-state index in [-0.39, 0.29) is 0 Å². The fraction of sp³-hybridized carbons (Fsp3) is 0.571. The first kappa shape index (κ1) is 11.3. The van der Waals surface area contributed by atoms with Crippen LogP contribution in [-0.2, 0) is 0 Å². The van der Waals surface area contributed by atoms with Crippen molar-refractivity contribution in [3.63, 3.8) is 0 Å². The molecule has 16 heavy (non-hydrogen) atoms. The average Bonchev–Trinajstić information content (AvgIpc) is 2.34. The van der Waals surface area contributed by atoms with Crippen LogP contribution in [0, 0.1) is 13.8 Å². The summed E-state index contributed by atoms with van der Waals surface area (Å²) < 4.78 is 5.35. The second kappa shape index (κ2) is 4.77. The van der Waals surface area contributed by atoms with Gasteiger partial charge in [0.15, 0.2) is 0 Å². The van der Waals surface area contributed by atoms with Crippen molar-refractivity contribution < 1.29 is 4.74 Å². The van der Waals surface area contributed by atoms with Crippen LogP contribution in [0.2, 0.25) is 0 Å². The van der Waals surface area contributed by atoms with Crippen molar-refractivity contribution in [2.45, 2.75) is 33.1 Å². The van der Waals surface area contributed by atoms with Crippen LogP contribution in [0.1, 0.15) is 30.4 Å². The molecule has 2 nitrogen and oxygen atoms in total. The summed E-state index contributed by atoms with van der Waals surface area (Å²) in [7, 11) is 1.74. The highest BCUT2D eigenvalue weighted by molar-refractivity contribution is 5.60. The van der Waals surface area contributed by atoms with E-state index in [1.165, 1.54) is 49.2 Å². The van der Waals surface area contributed by atoms with Crippen molar-refractivity contribution in [3.8, 4) is 5.75 Å². The summed E-state index contributed by atoms with van der Waals surface area (Å²) in [5.41, 5.74) is 4.02. The van der Waals surface area contributed by atoms with Crippen LogP contribution in [0.25, 0.3) is 0 Å². The molecular weight excluding hydrogens is 198 g/mol. The molecule has 0 aliphatic carbocycles. The fourth-order valence-electron chi connectivity index (χ4n) is 2.48. The van der Waals surface area contributed by atoms with Crippen LogP contribution in [0.5, 0.6) is 5.75 Å². The number of hydrogen-bond acceptors (Lipinski definition) is 2. The molecule has 1 aromatic carbocycles. The summed E-state index contributed by atoms with van der Waals surface area (Å²) in [6.45, 7) is 6.74. The van der Waals surface area contributed by atoms with E-state index < -0.39 is 0 Å². The maximum atomic E-state index is 5.35. The van der Waals surface area contributed by atoms with E-state index in [2.05, 4.69) is 30.9 Å². The van der Waals surface area contributed by atoms with Gasteiger partial charge in [-0.2, -0.15) is 0 Å². The Hall–Kier alpha value is -1.18. The summed E-state index contributed by atoms with van der Waals surface area (Å²) in [5.74, 6) is 0.998. The Morgan fingerprint density at radius 2 is 1.69 bits per heavy atom. The van der Waals surface area contributed by atoms with Crippen molar-refractivity contribution in [2.24, 2.45) is 0 Å². The lowest BCUT2D eigenvalue weighted by Gasteiger charge is -2.31. The Labute approximate surface area is 98.2 Å². The number of anilines is 1.